The van der Waals surface area contributed by atoms with Gasteiger partial charge >= 0.3 is 0 Å². The predicted molar refractivity (Wildman–Crippen MR) is 132 cm³/mol. The molecule has 2 heterocycles. The summed E-state index contributed by atoms with van der Waals surface area (Å²) in [6.07, 6.45) is 4.81. The number of hydrogen-bond donors (Lipinski definition) is 1. The standard InChI is InChI=1S/C28H32N2O4/c1-2-21-9-12-23(13-10-21)26-25(24(31)14-11-22-7-4-3-5-8-22)27(32)28(33)30(26)16-6-15-29-17-19-34-20-18-29/h3-5,7-14,26,32H,2,6,15-20H2,1H3/b14-11+/t26-/m0/s1. The van der Waals surface area contributed by atoms with Gasteiger partial charge in [-0.3, -0.25) is 14.5 Å². The van der Waals surface area contributed by atoms with Crippen molar-refractivity contribution in [1.29, 1.82) is 0 Å². The van der Waals surface area contributed by atoms with Gasteiger partial charge < -0.3 is 14.7 Å². The van der Waals surface area contributed by atoms with E-state index in [0.29, 0.717) is 6.54 Å². The van der Waals surface area contributed by atoms with Gasteiger partial charge in [-0.05, 0) is 35.6 Å². The molecule has 0 bridgehead atoms. The maximum atomic E-state index is 13.2. The third-order valence-corrected chi connectivity index (χ3v) is 6.48. The average molecular weight is 461 g/mol. The van der Waals surface area contributed by atoms with Gasteiger partial charge in [0.15, 0.2) is 11.5 Å². The number of nitrogens with zero attached hydrogens (tertiary/aromatic N) is 2. The molecule has 0 aliphatic carbocycles. The minimum atomic E-state index is -0.601. The lowest BCUT2D eigenvalue weighted by atomic mass is 9.94. The fourth-order valence-electron chi connectivity index (χ4n) is 4.53. The van der Waals surface area contributed by atoms with Crippen LogP contribution in [0.5, 0.6) is 0 Å². The molecule has 0 radical (unpaired) electrons. The topological polar surface area (TPSA) is 70.1 Å². The first-order valence-electron chi connectivity index (χ1n) is 12.0. The minimum Gasteiger partial charge on any atom is -0.503 e. The molecule has 6 nitrogen and oxygen atoms in total. The third kappa shape index (κ3) is 5.46. The zero-order valence-electron chi connectivity index (χ0n) is 19.7. The van der Waals surface area contributed by atoms with Gasteiger partial charge in [0.1, 0.15) is 0 Å². The number of rotatable bonds is 9. The number of ketones is 1. The van der Waals surface area contributed by atoms with Crippen LogP contribution in [-0.4, -0.2) is 66.0 Å². The maximum Gasteiger partial charge on any atom is 0.290 e. The van der Waals surface area contributed by atoms with Crippen LogP contribution in [-0.2, 0) is 20.7 Å². The quantitative estimate of drug-likeness (QED) is 0.574. The van der Waals surface area contributed by atoms with Crippen LogP contribution >= 0.6 is 0 Å². The lowest BCUT2D eigenvalue weighted by molar-refractivity contribution is -0.129. The Morgan fingerprint density at radius 2 is 1.76 bits per heavy atom. The number of carbonyl (C=O) groups is 2. The molecule has 0 unspecified atom stereocenters. The SMILES string of the molecule is CCc1ccc([C@H]2C(C(=O)/C=C/c3ccccc3)=C(O)C(=O)N2CCCN2CCOCC2)cc1. The molecule has 1 amide bonds. The highest BCUT2D eigenvalue weighted by atomic mass is 16.5. The van der Waals surface area contributed by atoms with E-state index in [2.05, 4.69) is 11.8 Å². The van der Waals surface area contributed by atoms with Crippen molar-refractivity contribution >= 4 is 17.8 Å². The number of aliphatic hydroxyl groups excluding tert-OH is 1. The van der Waals surface area contributed by atoms with Gasteiger partial charge in [-0.15, -0.1) is 0 Å². The number of ether oxygens (including phenoxy) is 1. The van der Waals surface area contributed by atoms with Crippen LogP contribution in [0.3, 0.4) is 0 Å². The Morgan fingerprint density at radius 1 is 1.06 bits per heavy atom. The molecule has 2 aromatic rings. The molecule has 0 spiro atoms. The second kappa shape index (κ2) is 11.3. The zero-order chi connectivity index (χ0) is 23.9. The molecule has 2 aliphatic heterocycles. The Morgan fingerprint density at radius 3 is 2.44 bits per heavy atom. The summed E-state index contributed by atoms with van der Waals surface area (Å²) in [4.78, 5) is 30.3. The van der Waals surface area contributed by atoms with E-state index >= 15 is 0 Å². The first kappa shape index (κ1) is 23.9. The Balaban J connectivity index is 1.57. The molecule has 1 atom stereocenters. The highest BCUT2D eigenvalue weighted by Crippen LogP contribution is 2.38. The zero-order valence-corrected chi connectivity index (χ0v) is 19.7. The molecule has 4 rings (SSSR count). The van der Waals surface area contributed by atoms with Gasteiger partial charge in [-0.2, -0.15) is 0 Å². The van der Waals surface area contributed by atoms with Crippen LogP contribution in [0, 0.1) is 0 Å². The molecule has 1 fully saturated rings. The number of morpholine rings is 1. The Hall–Kier alpha value is -3.22. The minimum absolute atomic E-state index is 0.146. The highest BCUT2D eigenvalue weighted by Gasteiger charge is 2.42. The van der Waals surface area contributed by atoms with E-state index in [0.717, 1.165) is 56.8 Å². The van der Waals surface area contributed by atoms with Crippen molar-refractivity contribution in [2.24, 2.45) is 0 Å². The van der Waals surface area contributed by atoms with Gasteiger partial charge in [0, 0.05) is 26.2 Å². The number of benzene rings is 2. The Kier molecular flexibility index (Phi) is 7.93. The van der Waals surface area contributed by atoms with Gasteiger partial charge in [0.25, 0.3) is 5.91 Å². The molecular weight excluding hydrogens is 428 g/mol. The third-order valence-electron chi connectivity index (χ3n) is 6.48. The van der Waals surface area contributed by atoms with Gasteiger partial charge in [0.05, 0.1) is 24.8 Å². The van der Waals surface area contributed by atoms with Crippen LogP contribution < -0.4 is 0 Å². The monoisotopic (exact) mass is 460 g/mol. The molecule has 178 valence electrons. The van der Waals surface area contributed by atoms with Crippen LogP contribution in [0.1, 0.15) is 36.1 Å². The molecular formula is C28H32N2O4. The number of carbonyl (C=O) groups excluding carboxylic acids is 2. The number of aryl methyl sites for hydroxylation is 1. The summed E-state index contributed by atoms with van der Waals surface area (Å²) in [7, 11) is 0. The summed E-state index contributed by atoms with van der Waals surface area (Å²) in [6.45, 7) is 6.60. The van der Waals surface area contributed by atoms with Crippen LogP contribution in [0.4, 0.5) is 0 Å². The van der Waals surface area contributed by atoms with E-state index in [1.807, 2.05) is 54.6 Å². The molecule has 1 N–H and O–H groups in total. The van der Waals surface area contributed by atoms with Crippen LogP contribution in [0.25, 0.3) is 6.08 Å². The lowest BCUT2D eigenvalue weighted by Crippen LogP contribution is -2.39. The second-order valence-corrected chi connectivity index (χ2v) is 8.67. The fraction of sp³-hybridized carbons (Fsp3) is 0.357. The van der Waals surface area contributed by atoms with Crippen molar-refractivity contribution in [2.45, 2.75) is 25.8 Å². The van der Waals surface area contributed by atoms with Crippen molar-refractivity contribution in [3.63, 3.8) is 0 Å². The van der Waals surface area contributed by atoms with Crippen molar-refractivity contribution in [3.05, 3.63) is 88.7 Å². The van der Waals surface area contributed by atoms with Gasteiger partial charge in [0.2, 0.25) is 0 Å². The number of aliphatic hydroxyl groups is 1. The summed E-state index contributed by atoms with van der Waals surface area (Å²) in [5.41, 5.74) is 3.04. The highest BCUT2D eigenvalue weighted by molar-refractivity contribution is 6.14. The lowest BCUT2D eigenvalue weighted by Gasteiger charge is -2.30. The van der Waals surface area contributed by atoms with Crippen LogP contribution in [0.2, 0.25) is 0 Å². The smallest absolute Gasteiger partial charge is 0.290 e. The fourth-order valence-corrected chi connectivity index (χ4v) is 4.53. The number of amides is 1. The summed E-state index contributed by atoms with van der Waals surface area (Å²) in [5, 5.41) is 10.8. The second-order valence-electron chi connectivity index (χ2n) is 8.67. The molecule has 6 heteroatoms. The van der Waals surface area contributed by atoms with E-state index in [4.69, 9.17) is 4.74 Å². The number of hydrogen-bond acceptors (Lipinski definition) is 5. The van der Waals surface area contributed by atoms with Gasteiger partial charge in [-0.25, -0.2) is 0 Å². The summed E-state index contributed by atoms with van der Waals surface area (Å²) in [5.74, 6) is -1.28. The summed E-state index contributed by atoms with van der Waals surface area (Å²) < 4.78 is 5.41. The summed E-state index contributed by atoms with van der Waals surface area (Å²) in [6, 6.07) is 16.9. The van der Waals surface area contributed by atoms with Crippen molar-refractivity contribution in [3.8, 4) is 0 Å². The number of allylic oxidation sites excluding steroid dienone is 1. The van der Waals surface area contributed by atoms with Crippen molar-refractivity contribution in [1.82, 2.24) is 9.80 Å². The molecule has 1 saturated heterocycles. The van der Waals surface area contributed by atoms with Crippen molar-refractivity contribution < 1.29 is 19.4 Å². The van der Waals surface area contributed by atoms with Crippen LogP contribution in [0.15, 0.2) is 72.0 Å². The molecule has 2 aliphatic rings. The Labute approximate surface area is 201 Å². The molecule has 0 saturated carbocycles. The first-order valence-corrected chi connectivity index (χ1v) is 12.0. The van der Waals surface area contributed by atoms with E-state index in [1.165, 1.54) is 11.6 Å². The molecule has 34 heavy (non-hydrogen) atoms. The largest absolute Gasteiger partial charge is 0.503 e. The molecule has 0 aromatic heterocycles. The maximum absolute atomic E-state index is 13.2. The van der Waals surface area contributed by atoms with E-state index in [1.54, 1.807) is 11.0 Å². The summed E-state index contributed by atoms with van der Waals surface area (Å²) >= 11 is 0. The van der Waals surface area contributed by atoms with Crippen molar-refractivity contribution in [2.75, 3.05) is 39.4 Å². The Bertz CT molecular complexity index is 1050. The predicted octanol–water partition coefficient (Wildman–Crippen LogP) is 3.95. The molecule has 2 aromatic carbocycles. The van der Waals surface area contributed by atoms with E-state index in [9.17, 15) is 14.7 Å². The van der Waals surface area contributed by atoms with E-state index in [-0.39, 0.29) is 11.4 Å². The van der Waals surface area contributed by atoms with Gasteiger partial charge in [-0.1, -0.05) is 67.6 Å². The van der Waals surface area contributed by atoms with E-state index < -0.39 is 17.7 Å². The first-order chi connectivity index (χ1) is 16.6. The normalized spacial score (nSPS) is 19.4. The average Bonchev–Trinajstić information content (AvgIpc) is 3.14.